The van der Waals surface area contributed by atoms with Gasteiger partial charge in [0.25, 0.3) is 0 Å². The molecule has 0 amide bonds. The Balaban J connectivity index is 1.35. The van der Waals surface area contributed by atoms with Crippen LogP contribution in [0.15, 0.2) is 66.7 Å². The van der Waals surface area contributed by atoms with Crippen molar-refractivity contribution < 1.29 is 13.2 Å². The molecule has 1 aromatic heterocycles. The van der Waals surface area contributed by atoms with Crippen molar-refractivity contribution in [2.45, 2.75) is 31.6 Å². The van der Waals surface area contributed by atoms with Gasteiger partial charge in [-0.15, -0.1) is 0 Å². The van der Waals surface area contributed by atoms with Gasteiger partial charge in [-0.1, -0.05) is 42.5 Å². The lowest BCUT2D eigenvalue weighted by atomic mass is 10.0. The molecule has 33 heavy (non-hydrogen) atoms. The Hall–Kier alpha value is -3.16. The van der Waals surface area contributed by atoms with Crippen molar-refractivity contribution in [2.75, 3.05) is 13.1 Å². The summed E-state index contributed by atoms with van der Waals surface area (Å²) in [6.45, 7) is 2.90. The smallest absolute Gasteiger partial charge is 0.338 e. The van der Waals surface area contributed by atoms with Gasteiger partial charge in [-0.3, -0.25) is 4.90 Å². The van der Waals surface area contributed by atoms with Crippen molar-refractivity contribution in [3.8, 4) is 22.5 Å². The lowest BCUT2D eigenvalue weighted by Crippen LogP contribution is -2.42. The number of rotatable bonds is 4. The minimum Gasteiger partial charge on any atom is -0.338 e. The summed E-state index contributed by atoms with van der Waals surface area (Å²) in [5.74, 6) is 0.547. The molecular weight excluding hydrogens is 425 g/mol. The summed E-state index contributed by atoms with van der Waals surface area (Å²) in [6, 6.07) is 20.2. The minimum atomic E-state index is -4.38. The summed E-state index contributed by atoms with van der Waals surface area (Å²) < 4.78 is 39.0. The number of H-pyrrole nitrogens is 1. The van der Waals surface area contributed by atoms with Gasteiger partial charge in [0.2, 0.25) is 0 Å². The van der Waals surface area contributed by atoms with Crippen molar-refractivity contribution in [1.29, 1.82) is 0 Å². The quantitative estimate of drug-likeness (QED) is 0.411. The molecule has 0 spiro atoms. The van der Waals surface area contributed by atoms with Crippen LogP contribution in [0.3, 0.4) is 0 Å². The SMILES string of the molecule is NC1CCCN(Cc2cccc(-c3ccc(-c4nc5ccc(C(F)(F)F)cc5[nH]4)cc3)c2)C1. The van der Waals surface area contributed by atoms with Crippen LogP contribution >= 0.6 is 0 Å². The Morgan fingerprint density at radius 3 is 2.52 bits per heavy atom. The lowest BCUT2D eigenvalue weighted by Gasteiger charge is -2.30. The Morgan fingerprint density at radius 1 is 0.970 bits per heavy atom. The molecule has 7 heteroatoms. The normalized spacial score (nSPS) is 17.5. The number of hydrogen-bond donors (Lipinski definition) is 2. The van der Waals surface area contributed by atoms with Gasteiger partial charge in [0, 0.05) is 24.7 Å². The summed E-state index contributed by atoms with van der Waals surface area (Å²) in [6.07, 6.45) is -2.14. The fourth-order valence-electron chi connectivity index (χ4n) is 4.49. The summed E-state index contributed by atoms with van der Waals surface area (Å²) in [7, 11) is 0. The molecule has 1 aliphatic rings. The molecule has 1 fully saturated rings. The monoisotopic (exact) mass is 450 g/mol. The number of imidazole rings is 1. The third-order valence-electron chi connectivity index (χ3n) is 6.18. The number of aromatic amines is 1. The number of halogens is 3. The third kappa shape index (κ3) is 4.79. The van der Waals surface area contributed by atoms with Crippen LogP contribution in [0.1, 0.15) is 24.0 Å². The first-order valence-electron chi connectivity index (χ1n) is 11.1. The number of nitrogens with two attached hydrogens (primary N) is 1. The molecule has 1 saturated heterocycles. The van der Waals surface area contributed by atoms with Crippen LogP contribution in [0.25, 0.3) is 33.5 Å². The van der Waals surface area contributed by atoms with Gasteiger partial charge in [-0.05, 0) is 60.3 Å². The maximum absolute atomic E-state index is 13.0. The van der Waals surface area contributed by atoms with Gasteiger partial charge in [-0.2, -0.15) is 13.2 Å². The van der Waals surface area contributed by atoms with Crippen molar-refractivity contribution in [3.63, 3.8) is 0 Å². The number of fused-ring (bicyclic) bond motifs is 1. The summed E-state index contributed by atoms with van der Waals surface area (Å²) in [5.41, 5.74) is 10.6. The average molecular weight is 451 g/mol. The second kappa shape index (κ2) is 8.65. The number of hydrogen-bond acceptors (Lipinski definition) is 3. The molecule has 4 aromatic rings. The van der Waals surface area contributed by atoms with Gasteiger partial charge in [0.05, 0.1) is 16.6 Å². The molecule has 5 rings (SSSR count). The van der Waals surface area contributed by atoms with E-state index in [0.29, 0.717) is 16.9 Å². The van der Waals surface area contributed by atoms with Crippen LogP contribution in [0, 0.1) is 0 Å². The highest BCUT2D eigenvalue weighted by Crippen LogP contribution is 2.32. The molecule has 4 nitrogen and oxygen atoms in total. The van der Waals surface area contributed by atoms with Crippen molar-refractivity contribution in [3.05, 3.63) is 77.9 Å². The first-order valence-corrected chi connectivity index (χ1v) is 11.1. The first-order chi connectivity index (χ1) is 15.8. The zero-order chi connectivity index (χ0) is 23.0. The lowest BCUT2D eigenvalue weighted by molar-refractivity contribution is -0.137. The number of piperidine rings is 1. The number of nitrogens with one attached hydrogen (secondary N) is 1. The Kier molecular flexibility index (Phi) is 5.68. The molecule has 0 bridgehead atoms. The number of benzene rings is 3. The molecule has 0 saturated carbocycles. The molecular formula is C26H25F3N4. The molecule has 3 aromatic carbocycles. The third-order valence-corrected chi connectivity index (χ3v) is 6.18. The second-order valence-corrected chi connectivity index (χ2v) is 8.73. The first kappa shape index (κ1) is 21.7. The van der Waals surface area contributed by atoms with E-state index in [-0.39, 0.29) is 6.04 Å². The maximum Gasteiger partial charge on any atom is 0.416 e. The summed E-state index contributed by atoms with van der Waals surface area (Å²) in [4.78, 5) is 9.87. The van der Waals surface area contributed by atoms with Crippen LogP contribution in [0.4, 0.5) is 13.2 Å². The Morgan fingerprint density at radius 2 is 1.76 bits per heavy atom. The van der Waals surface area contributed by atoms with Crippen LogP contribution in [-0.2, 0) is 12.7 Å². The maximum atomic E-state index is 13.0. The molecule has 1 unspecified atom stereocenters. The van der Waals surface area contributed by atoms with Gasteiger partial charge >= 0.3 is 6.18 Å². The topological polar surface area (TPSA) is 57.9 Å². The standard InChI is InChI=1S/C26H25F3N4/c27-26(28,29)21-10-11-23-24(14-21)32-25(31-23)19-8-6-18(7-9-19)20-4-1-3-17(13-20)15-33-12-2-5-22(30)16-33/h1,3-4,6-11,13-14,22H,2,5,12,15-16,30H2,(H,31,32). The van der Waals surface area contributed by atoms with E-state index in [1.807, 2.05) is 24.3 Å². The zero-order valence-corrected chi connectivity index (χ0v) is 18.1. The van der Waals surface area contributed by atoms with E-state index in [4.69, 9.17) is 5.73 Å². The second-order valence-electron chi connectivity index (χ2n) is 8.73. The van der Waals surface area contributed by atoms with Crippen molar-refractivity contribution >= 4 is 11.0 Å². The molecule has 1 atom stereocenters. The summed E-state index contributed by atoms with van der Waals surface area (Å²) in [5, 5.41) is 0. The van der Waals surface area contributed by atoms with Gasteiger partial charge in [0.1, 0.15) is 5.82 Å². The van der Waals surface area contributed by atoms with Gasteiger partial charge < -0.3 is 10.7 Å². The average Bonchev–Trinajstić information content (AvgIpc) is 3.22. The van der Waals surface area contributed by atoms with Crippen LogP contribution in [0.5, 0.6) is 0 Å². The highest BCUT2D eigenvalue weighted by atomic mass is 19.4. The molecule has 0 radical (unpaired) electrons. The molecule has 170 valence electrons. The molecule has 2 heterocycles. The van der Waals surface area contributed by atoms with E-state index in [1.54, 1.807) is 0 Å². The molecule has 0 aliphatic carbocycles. The van der Waals surface area contributed by atoms with E-state index >= 15 is 0 Å². The van der Waals surface area contributed by atoms with Crippen LogP contribution < -0.4 is 5.73 Å². The number of nitrogens with zero attached hydrogens (tertiary/aromatic N) is 2. The highest BCUT2D eigenvalue weighted by Gasteiger charge is 2.30. The van der Waals surface area contributed by atoms with Gasteiger partial charge in [-0.25, -0.2) is 4.98 Å². The number of aromatic nitrogens is 2. The fourth-order valence-corrected chi connectivity index (χ4v) is 4.49. The number of alkyl halides is 3. The van der Waals surface area contributed by atoms with Gasteiger partial charge in [0.15, 0.2) is 0 Å². The zero-order valence-electron chi connectivity index (χ0n) is 18.1. The largest absolute Gasteiger partial charge is 0.416 e. The fraction of sp³-hybridized carbons (Fsp3) is 0.269. The van der Waals surface area contributed by atoms with Crippen LogP contribution in [-0.4, -0.2) is 34.0 Å². The predicted molar refractivity (Wildman–Crippen MR) is 124 cm³/mol. The van der Waals surface area contributed by atoms with Crippen LogP contribution in [0.2, 0.25) is 0 Å². The van der Waals surface area contributed by atoms with E-state index in [2.05, 4.69) is 39.1 Å². The minimum absolute atomic E-state index is 0.257. The van der Waals surface area contributed by atoms with Crippen molar-refractivity contribution in [2.24, 2.45) is 5.73 Å². The predicted octanol–water partition coefficient (Wildman–Crippen LogP) is 5.84. The summed E-state index contributed by atoms with van der Waals surface area (Å²) >= 11 is 0. The molecule has 1 aliphatic heterocycles. The van der Waals surface area contributed by atoms with E-state index < -0.39 is 11.7 Å². The van der Waals surface area contributed by atoms with E-state index in [0.717, 1.165) is 61.3 Å². The Bertz CT molecular complexity index is 1260. The number of likely N-dealkylation sites (tertiary alicyclic amines) is 1. The highest BCUT2D eigenvalue weighted by molar-refractivity contribution is 5.80. The van der Waals surface area contributed by atoms with E-state index in [1.165, 1.54) is 11.6 Å². The van der Waals surface area contributed by atoms with Crippen molar-refractivity contribution in [1.82, 2.24) is 14.9 Å². The Labute approximate surface area is 190 Å². The molecule has 3 N–H and O–H groups in total. The van der Waals surface area contributed by atoms with E-state index in [9.17, 15) is 13.2 Å².